The second-order valence-corrected chi connectivity index (χ2v) is 2.93. The molecule has 0 atom stereocenters. The van der Waals surface area contributed by atoms with Crippen molar-refractivity contribution < 1.29 is 35.5 Å². The van der Waals surface area contributed by atoms with E-state index in [-0.39, 0.29) is 0 Å². The zero-order chi connectivity index (χ0) is 13.3. The van der Waals surface area contributed by atoms with Crippen molar-refractivity contribution in [1.29, 1.82) is 0 Å². The highest BCUT2D eigenvalue weighted by molar-refractivity contribution is 5.21. The van der Waals surface area contributed by atoms with E-state index < -0.39 is 24.0 Å². The molecule has 0 bridgehead atoms. The molecule has 0 aliphatic heterocycles. The molecule has 0 saturated carbocycles. The van der Waals surface area contributed by atoms with Crippen LogP contribution in [0.5, 0.6) is 5.75 Å². The SMILES string of the molecule is FC(F)(F)C(F)(F)C(F)(F)Oc1c[c]ccc1. The van der Waals surface area contributed by atoms with Crippen molar-refractivity contribution in [2.75, 3.05) is 0 Å². The number of hydrogen-bond acceptors (Lipinski definition) is 1. The lowest BCUT2D eigenvalue weighted by atomic mass is 10.3. The molecule has 0 unspecified atom stereocenters. The maximum atomic E-state index is 12.7. The van der Waals surface area contributed by atoms with Gasteiger partial charge in [-0.25, -0.2) is 0 Å². The Labute approximate surface area is 90.8 Å². The largest absolute Gasteiger partial charge is 0.474 e. The molecule has 1 aromatic rings. The molecular weight excluding hydrogens is 257 g/mol. The van der Waals surface area contributed by atoms with E-state index in [1.165, 1.54) is 6.07 Å². The van der Waals surface area contributed by atoms with Gasteiger partial charge in [-0.15, -0.1) is 0 Å². The molecular formula is C9H4F7O. The van der Waals surface area contributed by atoms with Gasteiger partial charge in [0.15, 0.2) is 0 Å². The Morgan fingerprint density at radius 2 is 1.59 bits per heavy atom. The summed E-state index contributed by atoms with van der Waals surface area (Å²) in [5, 5.41) is 0. The van der Waals surface area contributed by atoms with Crippen LogP contribution >= 0.6 is 0 Å². The van der Waals surface area contributed by atoms with Crippen LogP contribution in [0, 0.1) is 6.07 Å². The molecule has 17 heavy (non-hydrogen) atoms. The van der Waals surface area contributed by atoms with Crippen LogP contribution in [0.4, 0.5) is 30.7 Å². The van der Waals surface area contributed by atoms with Crippen molar-refractivity contribution in [3.05, 3.63) is 30.3 Å². The zero-order valence-electron chi connectivity index (χ0n) is 7.86. The second kappa shape index (κ2) is 4.08. The monoisotopic (exact) mass is 261 g/mol. The number of ether oxygens (including phenoxy) is 1. The van der Waals surface area contributed by atoms with Crippen LogP contribution < -0.4 is 4.74 Å². The van der Waals surface area contributed by atoms with E-state index in [1.54, 1.807) is 0 Å². The maximum Gasteiger partial charge on any atom is 0.474 e. The summed E-state index contributed by atoms with van der Waals surface area (Å²) < 4.78 is 88.6. The van der Waals surface area contributed by atoms with Crippen LogP contribution in [0.3, 0.4) is 0 Å². The minimum Gasteiger partial charge on any atom is -0.428 e. The molecule has 0 amide bonds. The fourth-order valence-corrected chi connectivity index (χ4v) is 0.817. The Hall–Kier alpha value is -1.47. The van der Waals surface area contributed by atoms with E-state index in [2.05, 4.69) is 10.8 Å². The molecule has 95 valence electrons. The molecule has 0 heterocycles. The predicted octanol–water partition coefficient (Wildman–Crippen LogP) is 3.66. The van der Waals surface area contributed by atoms with Gasteiger partial charge in [0, 0.05) is 0 Å². The van der Waals surface area contributed by atoms with Crippen LogP contribution in [0.2, 0.25) is 0 Å². The zero-order valence-corrected chi connectivity index (χ0v) is 7.86. The lowest BCUT2D eigenvalue weighted by molar-refractivity contribution is -0.402. The molecule has 8 heteroatoms. The average Bonchev–Trinajstić information content (AvgIpc) is 2.16. The number of halogens is 7. The topological polar surface area (TPSA) is 9.23 Å². The number of benzene rings is 1. The van der Waals surface area contributed by atoms with Crippen molar-refractivity contribution in [2.24, 2.45) is 0 Å². The van der Waals surface area contributed by atoms with E-state index in [9.17, 15) is 30.7 Å². The van der Waals surface area contributed by atoms with E-state index in [1.807, 2.05) is 0 Å². The minimum absolute atomic E-state index is 0.709. The Morgan fingerprint density at radius 3 is 2.00 bits per heavy atom. The first-order valence-electron chi connectivity index (χ1n) is 4.05. The number of rotatable bonds is 3. The van der Waals surface area contributed by atoms with E-state index in [0.717, 1.165) is 12.1 Å². The second-order valence-electron chi connectivity index (χ2n) is 2.93. The van der Waals surface area contributed by atoms with Gasteiger partial charge >= 0.3 is 18.2 Å². The quantitative estimate of drug-likeness (QED) is 0.754. The first-order valence-corrected chi connectivity index (χ1v) is 4.05. The summed E-state index contributed by atoms with van der Waals surface area (Å²) in [6.45, 7) is 0. The van der Waals surface area contributed by atoms with Gasteiger partial charge in [-0.05, 0) is 18.2 Å². The first-order chi connectivity index (χ1) is 7.58. The summed E-state index contributed by atoms with van der Waals surface area (Å²) in [5.74, 6) is -7.13. The third-order valence-corrected chi connectivity index (χ3v) is 1.65. The molecule has 1 rings (SSSR count). The van der Waals surface area contributed by atoms with Crippen molar-refractivity contribution in [3.63, 3.8) is 0 Å². The summed E-state index contributed by atoms with van der Waals surface area (Å²) in [7, 11) is 0. The third-order valence-electron chi connectivity index (χ3n) is 1.65. The Bertz CT molecular complexity index is 371. The number of hydrogen-bond donors (Lipinski definition) is 0. The third kappa shape index (κ3) is 2.62. The van der Waals surface area contributed by atoms with Gasteiger partial charge in [-0.2, -0.15) is 30.7 Å². The Morgan fingerprint density at radius 1 is 1.00 bits per heavy atom. The van der Waals surface area contributed by atoms with E-state index >= 15 is 0 Å². The minimum atomic E-state index is -6.41. The van der Waals surface area contributed by atoms with Crippen molar-refractivity contribution >= 4 is 0 Å². The van der Waals surface area contributed by atoms with Crippen molar-refractivity contribution in [2.45, 2.75) is 18.2 Å². The van der Waals surface area contributed by atoms with Crippen LogP contribution in [-0.4, -0.2) is 18.2 Å². The van der Waals surface area contributed by atoms with Crippen LogP contribution in [0.25, 0.3) is 0 Å². The summed E-state index contributed by atoms with van der Waals surface area (Å²) in [6.07, 6.45) is -12.1. The fourth-order valence-electron chi connectivity index (χ4n) is 0.817. The Kier molecular flexibility index (Phi) is 3.26. The number of alkyl halides is 7. The smallest absolute Gasteiger partial charge is 0.428 e. The van der Waals surface area contributed by atoms with Gasteiger partial charge in [0.2, 0.25) is 0 Å². The molecule has 1 aromatic carbocycles. The van der Waals surface area contributed by atoms with E-state index in [4.69, 9.17) is 0 Å². The van der Waals surface area contributed by atoms with Gasteiger partial charge in [-0.1, -0.05) is 12.1 Å². The molecule has 0 aliphatic carbocycles. The van der Waals surface area contributed by atoms with Gasteiger partial charge in [0.25, 0.3) is 0 Å². The van der Waals surface area contributed by atoms with Gasteiger partial charge in [-0.3, -0.25) is 0 Å². The molecule has 1 radical (unpaired) electrons. The summed E-state index contributed by atoms with van der Waals surface area (Å²) in [6, 6.07) is 6.02. The lowest BCUT2D eigenvalue weighted by Crippen LogP contribution is -2.55. The molecule has 0 aliphatic rings. The van der Waals surface area contributed by atoms with Crippen LogP contribution in [0.15, 0.2) is 24.3 Å². The van der Waals surface area contributed by atoms with Crippen LogP contribution in [-0.2, 0) is 0 Å². The Balaban J connectivity index is 2.96. The highest BCUT2D eigenvalue weighted by Crippen LogP contribution is 2.47. The predicted molar refractivity (Wildman–Crippen MR) is 41.9 cm³/mol. The molecule has 0 N–H and O–H groups in total. The van der Waals surface area contributed by atoms with Gasteiger partial charge < -0.3 is 4.74 Å². The maximum absolute atomic E-state index is 12.7. The molecule has 0 saturated heterocycles. The highest BCUT2D eigenvalue weighted by atomic mass is 19.4. The summed E-state index contributed by atoms with van der Waals surface area (Å²) >= 11 is 0. The molecule has 0 fully saturated rings. The molecule has 0 spiro atoms. The van der Waals surface area contributed by atoms with E-state index in [0.29, 0.717) is 6.07 Å². The average molecular weight is 261 g/mol. The first kappa shape index (κ1) is 13.6. The summed E-state index contributed by atoms with van der Waals surface area (Å²) in [4.78, 5) is 0. The van der Waals surface area contributed by atoms with Crippen LogP contribution in [0.1, 0.15) is 0 Å². The fraction of sp³-hybridized carbons (Fsp3) is 0.333. The van der Waals surface area contributed by atoms with Gasteiger partial charge in [0.05, 0.1) is 0 Å². The van der Waals surface area contributed by atoms with Crippen molar-refractivity contribution in [1.82, 2.24) is 0 Å². The highest BCUT2D eigenvalue weighted by Gasteiger charge is 2.75. The standard InChI is InChI=1S/C9H4F7O/c10-7(11,8(12,13)14)9(15,16)17-6-4-2-1-3-5-6/h1-2,4-5H. The normalized spacial score (nSPS) is 13.6. The van der Waals surface area contributed by atoms with Gasteiger partial charge in [0.1, 0.15) is 5.75 Å². The molecule has 1 nitrogen and oxygen atoms in total. The lowest BCUT2D eigenvalue weighted by Gasteiger charge is -2.27. The molecule has 0 aromatic heterocycles. The van der Waals surface area contributed by atoms with Crippen molar-refractivity contribution in [3.8, 4) is 5.75 Å². The summed E-state index contributed by atoms with van der Waals surface area (Å²) in [5.41, 5.74) is 0.